The lowest BCUT2D eigenvalue weighted by Gasteiger charge is -2.36. The molecule has 0 amide bonds. The Kier molecular flexibility index (Phi) is 5.88. The molecule has 9 heteroatoms. The fourth-order valence-corrected chi connectivity index (χ4v) is 3.59. The number of benzene rings is 1. The number of anilines is 2. The standard InChI is InChI=1S/C16H16Cl2N4O2S/c17-11-2-1-3-12(8-11)21-4-6-22(7-5-21)14-9-13(18)19-16(20-14)25-10-15(23)24/h1-3,8-9H,4-7,10H2,(H,23,24). The molecule has 0 saturated carbocycles. The smallest absolute Gasteiger partial charge is 0.313 e. The Morgan fingerprint density at radius 2 is 1.84 bits per heavy atom. The highest BCUT2D eigenvalue weighted by atomic mass is 35.5. The third-order valence-electron chi connectivity index (χ3n) is 3.76. The van der Waals surface area contributed by atoms with E-state index in [1.807, 2.05) is 24.3 Å². The van der Waals surface area contributed by atoms with Crippen molar-refractivity contribution in [2.45, 2.75) is 5.16 Å². The Balaban J connectivity index is 1.67. The number of piperazine rings is 1. The van der Waals surface area contributed by atoms with Crippen LogP contribution in [0.3, 0.4) is 0 Å². The van der Waals surface area contributed by atoms with Crippen molar-refractivity contribution in [1.82, 2.24) is 9.97 Å². The van der Waals surface area contributed by atoms with Crippen LogP contribution in [0, 0.1) is 0 Å². The first-order valence-corrected chi connectivity index (χ1v) is 9.40. The number of carbonyl (C=O) groups is 1. The molecule has 1 aliphatic heterocycles. The number of rotatable bonds is 5. The molecule has 0 atom stereocenters. The van der Waals surface area contributed by atoms with Crippen molar-refractivity contribution >= 4 is 52.4 Å². The number of carboxylic acids is 1. The molecule has 0 unspecified atom stereocenters. The van der Waals surface area contributed by atoms with Crippen LogP contribution in [-0.4, -0.2) is 53.0 Å². The first-order valence-electron chi connectivity index (χ1n) is 7.66. The van der Waals surface area contributed by atoms with Crippen molar-refractivity contribution in [1.29, 1.82) is 0 Å². The van der Waals surface area contributed by atoms with Gasteiger partial charge in [0.25, 0.3) is 0 Å². The largest absolute Gasteiger partial charge is 0.481 e. The molecule has 2 heterocycles. The number of hydrogen-bond acceptors (Lipinski definition) is 6. The summed E-state index contributed by atoms with van der Waals surface area (Å²) in [5.41, 5.74) is 1.10. The summed E-state index contributed by atoms with van der Waals surface area (Å²) in [7, 11) is 0. The fraction of sp³-hybridized carbons (Fsp3) is 0.312. The molecule has 1 fully saturated rings. The Hall–Kier alpha value is -1.70. The van der Waals surface area contributed by atoms with Gasteiger partial charge in [0.15, 0.2) is 5.16 Å². The third-order valence-corrected chi connectivity index (χ3v) is 5.02. The summed E-state index contributed by atoms with van der Waals surface area (Å²) < 4.78 is 0. The molecule has 3 rings (SSSR count). The van der Waals surface area contributed by atoms with Crippen molar-refractivity contribution in [3.05, 3.63) is 40.5 Å². The molecule has 132 valence electrons. The molecule has 6 nitrogen and oxygen atoms in total. The Morgan fingerprint density at radius 3 is 2.52 bits per heavy atom. The summed E-state index contributed by atoms with van der Waals surface area (Å²) in [4.78, 5) is 23.6. The summed E-state index contributed by atoms with van der Waals surface area (Å²) >= 11 is 13.2. The summed E-state index contributed by atoms with van der Waals surface area (Å²) in [5.74, 6) is -0.286. The van der Waals surface area contributed by atoms with E-state index >= 15 is 0 Å². The summed E-state index contributed by atoms with van der Waals surface area (Å²) in [6, 6.07) is 9.52. The number of carboxylic acid groups (broad SMARTS) is 1. The Morgan fingerprint density at radius 1 is 1.12 bits per heavy atom. The van der Waals surface area contributed by atoms with Gasteiger partial charge in [-0.3, -0.25) is 4.79 Å². The van der Waals surface area contributed by atoms with Crippen LogP contribution in [0.25, 0.3) is 0 Å². The highest BCUT2D eigenvalue weighted by Gasteiger charge is 2.20. The fourth-order valence-electron chi connectivity index (χ4n) is 2.60. The molecule has 0 aliphatic carbocycles. The van der Waals surface area contributed by atoms with E-state index in [1.54, 1.807) is 6.07 Å². The number of aliphatic carboxylic acids is 1. The minimum Gasteiger partial charge on any atom is -0.481 e. The van der Waals surface area contributed by atoms with Crippen molar-refractivity contribution in [2.75, 3.05) is 41.7 Å². The van der Waals surface area contributed by atoms with E-state index in [4.69, 9.17) is 28.3 Å². The second kappa shape index (κ2) is 8.12. The van der Waals surface area contributed by atoms with Crippen molar-refractivity contribution in [3.63, 3.8) is 0 Å². The molecule has 1 N–H and O–H groups in total. The van der Waals surface area contributed by atoms with Gasteiger partial charge in [0.05, 0.1) is 5.75 Å². The van der Waals surface area contributed by atoms with Crippen LogP contribution in [0.5, 0.6) is 0 Å². The van der Waals surface area contributed by atoms with E-state index in [0.29, 0.717) is 10.3 Å². The molecule has 0 radical (unpaired) electrons. The highest BCUT2D eigenvalue weighted by molar-refractivity contribution is 7.99. The highest BCUT2D eigenvalue weighted by Crippen LogP contribution is 2.25. The number of halogens is 2. The molecular formula is C16H16Cl2N4O2S. The maximum absolute atomic E-state index is 10.7. The number of nitrogens with zero attached hydrogens (tertiary/aromatic N) is 4. The summed E-state index contributed by atoms with van der Waals surface area (Å²) in [6.45, 7) is 3.23. The van der Waals surface area contributed by atoms with Crippen LogP contribution in [0.15, 0.2) is 35.5 Å². The van der Waals surface area contributed by atoms with Crippen LogP contribution in [-0.2, 0) is 4.79 Å². The van der Waals surface area contributed by atoms with Gasteiger partial charge in [-0.15, -0.1) is 0 Å². The van der Waals surface area contributed by atoms with E-state index in [1.165, 1.54) is 0 Å². The number of hydrogen-bond donors (Lipinski definition) is 1. The van der Waals surface area contributed by atoms with E-state index < -0.39 is 5.97 Å². The monoisotopic (exact) mass is 398 g/mol. The van der Waals surface area contributed by atoms with Gasteiger partial charge in [-0.1, -0.05) is 41.0 Å². The second-order valence-corrected chi connectivity index (χ2v) is 7.23. The number of thioether (sulfide) groups is 1. The zero-order chi connectivity index (χ0) is 17.8. The second-order valence-electron chi connectivity index (χ2n) is 5.47. The van der Waals surface area contributed by atoms with Crippen molar-refractivity contribution in [3.8, 4) is 0 Å². The first-order chi connectivity index (χ1) is 12.0. The summed E-state index contributed by atoms with van der Waals surface area (Å²) in [6.07, 6.45) is 0. The maximum atomic E-state index is 10.7. The van der Waals surface area contributed by atoms with E-state index in [9.17, 15) is 4.79 Å². The van der Waals surface area contributed by atoms with Crippen molar-refractivity contribution < 1.29 is 9.90 Å². The zero-order valence-electron chi connectivity index (χ0n) is 13.2. The zero-order valence-corrected chi connectivity index (χ0v) is 15.6. The molecule has 1 aromatic carbocycles. The molecule has 0 bridgehead atoms. The van der Waals surface area contributed by atoms with Gasteiger partial charge >= 0.3 is 5.97 Å². The van der Waals surface area contributed by atoms with Crippen LogP contribution < -0.4 is 9.80 Å². The minimum atomic E-state index is -0.912. The molecule has 2 aromatic rings. The topological polar surface area (TPSA) is 69.6 Å². The van der Waals surface area contributed by atoms with Gasteiger partial charge in [-0.2, -0.15) is 0 Å². The van der Waals surface area contributed by atoms with Crippen LogP contribution >= 0.6 is 35.0 Å². The first kappa shape index (κ1) is 18.1. The van der Waals surface area contributed by atoms with Gasteiger partial charge in [0, 0.05) is 43.0 Å². The predicted octanol–water partition coefficient (Wildman–Crippen LogP) is 3.29. The minimum absolute atomic E-state index is 0.0949. The lowest BCUT2D eigenvalue weighted by Crippen LogP contribution is -2.46. The van der Waals surface area contributed by atoms with Gasteiger partial charge in [-0.25, -0.2) is 9.97 Å². The number of aromatic nitrogens is 2. The van der Waals surface area contributed by atoms with E-state index in [0.717, 1.165) is 54.5 Å². The predicted molar refractivity (Wildman–Crippen MR) is 101 cm³/mol. The summed E-state index contributed by atoms with van der Waals surface area (Å²) in [5, 5.41) is 10.2. The van der Waals surface area contributed by atoms with Gasteiger partial charge in [0.2, 0.25) is 0 Å². The average molecular weight is 399 g/mol. The van der Waals surface area contributed by atoms with Gasteiger partial charge in [0.1, 0.15) is 11.0 Å². The van der Waals surface area contributed by atoms with Crippen LogP contribution in [0.4, 0.5) is 11.5 Å². The lowest BCUT2D eigenvalue weighted by atomic mass is 10.2. The molecule has 1 aromatic heterocycles. The van der Waals surface area contributed by atoms with Gasteiger partial charge < -0.3 is 14.9 Å². The van der Waals surface area contributed by atoms with Gasteiger partial charge in [-0.05, 0) is 18.2 Å². The average Bonchev–Trinajstić information content (AvgIpc) is 2.60. The SMILES string of the molecule is O=C(O)CSc1nc(Cl)cc(N2CCN(c3cccc(Cl)c3)CC2)n1. The van der Waals surface area contributed by atoms with E-state index in [-0.39, 0.29) is 5.75 Å². The normalized spacial score (nSPS) is 14.6. The van der Waals surface area contributed by atoms with Crippen LogP contribution in [0.1, 0.15) is 0 Å². The molecule has 1 saturated heterocycles. The Bertz CT molecular complexity index is 770. The molecule has 25 heavy (non-hydrogen) atoms. The van der Waals surface area contributed by atoms with E-state index in [2.05, 4.69) is 19.8 Å². The molecule has 0 spiro atoms. The lowest BCUT2D eigenvalue weighted by molar-refractivity contribution is -0.133. The molecular weight excluding hydrogens is 383 g/mol. The molecule has 1 aliphatic rings. The quantitative estimate of drug-likeness (QED) is 0.470. The maximum Gasteiger partial charge on any atom is 0.313 e. The van der Waals surface area contributed by atoms with Crippen molar-refractivity contribution in [2.24, 2.45) is 0 Å². The Labute approximate surface area is 159 Å². The third kappa shape index (κ3) is 4.90. The van der Waals surface area contributed by atoms with Crippen LogP contribution in [0.2, 0.25) is 10.2 Å².